The summed E-state index contributed by atoms with van der Waals surface area (Å²) in [5.74, 6) is 1.63. The number of rotatable bonds is 3. The minimum Gasteiger partial charge on any atom is -0.341 e. The number of hydrogen-bond acceptors (Lipinski definition) is 3. The van der Waals surface area contributed by atoms with E-state index in [1.165, 1.54) is 39.0 Å². The van der Waals surface area contributed by atoms with E-state index in [1.54, 1.807) is 0 Å². The van der Waals surface area contributed by atoms with Crippen molar-refractivity contribution in [3.63, 3.8) is 0 Å². The fourth-order valence-corrected chi connectivity index (χ4v) is 3.41. The molecule has 2 heterocycles. The molecule has 108 valence electrons. The van der Waals surface area contributed by atoms with Crippen molar-refractivity contribution in [3.8, 4) is 0 Å². The predicted octanol–water partition coefficient (Wildman–Crippen LogP) is 0.930. The van der Waals surface area contributed by atoms with Crippen LogP contribution in [0.5, 0.6) is 0 Å². The van der Waals surface area contributed by atoms with Crippen LogP contribution >= 0.6 is 0 Å². The largest absolute Gasteiger partial charge is 0.341 e. The number of hydrogen-bond donors (Lipinski definition) is 1. The SMILES string of the molecule is O=C(C1CC1)N1CCCN(CC2CCCNC2)CC1. The van der Waals surface area contributed by atoms with Crippen molar-refractivity contribution in [2.75, 3.05) is 45.8 Å². The lowest BCUT2D eigenvalue weighted by atomic mass is 9.99. The van der Waals surface area contributed by atoms with Crippen LogP contribution in [0.1, 0.15) is 32.1 Å². The molecule has 19 heavy (non-hydrogen) atoms. The molecule has 1 amide bonds. The highest BCUT2D eigenvalue weighted by Gasteiger charge is 2.34. The van der Waals surface area contributed by atoms with Crippen LogP contribution in [0.15, 0.2) is 0 Å². The Hall–Kier alpha value is -0.610. The van der Waals surface area contributed by atoms with Gasteiger partial charge in [0.2, 0.25) is 5.91 Å². The average Bonchev–Trinajstić information content (AvgIpc) is 3.27. The maximum absolute atomic E-state index is 12.1. The van der Waals surface area contributed by atoms with Gasteiger partial charge in [-0.25, -0.2) is 0 Å². The highest BCUT2D eigenvalue weighted by molar-refractivity contribution is 5.81. The maximum Gasteiger partial charge on any atom is 0.225 e. The molecule has 1 N–H and O–H groups in total. The zero-order valence-corrected chi connectivity index (χ0v) is 11.9. The summed E-state index contributed by atoms with van der Waals surface area (Å²) in [5.41, 5.74) is 0. The molecule has 2 saturated heterocycles. The number of carbonyl (C=O) groups excluding carboxylic acids is 1. The van der Waals surface area contributed by atoms with Crippen LogP contribution in [-0.2, 0) is 4.79 Å². The molecule has 3 aliphatic rings. The van der Waals surface area contributed by atoms with Gasteiger partial charge in [-0.15, -0.1) is 0 Å². The van der Waals surface area contributed by atoms with Gasteiger partial charge >= 0.3 is 0 Å². The zero-order chi connectivity index (χ0) is 13.1. The van der Waals surface area contributed by atoms with Gasteiger partial charge in [0.15, 0.2) is 0 Å². The lowest BCUT2D eigenvalue weighted by Gasteiger charge is -2.29. The number of nitrogens with zero attached hydrogens (tertiary/aromatic N) is 2. The van der Waals surface area contributed by atoms with E-state index in [4.69, 9.17) is 0 Å². The second-order valence-electron chi connectivity index (χ2n) is 6.47. The third-order valence-corrected chi connectivity index (χ3v) is 4.74. The topological polar surface area (TPSA) is 35.6 Å². The fraction of sp³-hybridized carbons (Fsp3) is 0.933. The van der Waals surface area contributed by atoms with Crippen molar-refractivity contribution in [3.05, 3.63) is 0 Å². The molecule has 0 aromatic carbocycles. The summed E-state index contributed by atoms with van der Waals surface area (Å²) >= 11 is 0. The molecule has 4 nitrogen and oxygen atoms in total. The molecule has 0 radical (unpaired) electrons. The van der Waals surface area contributed by atoms with E-state index in [0.29, 0.717) is 11.8 Å². The lowest BCUT2D eigenvalue weighted by molar-refractivity contribution is -0.132. The first-order chi connectivity index (χ1) is 9.33. The molecular weight excluding hydrogens is 238 g/mol. The Bertz CT molecular complexity index is 311. The summed E-state index contributed by atoms with van der Waals surface area (Å²) in [6, 6.07) is 0. The van der Waals surface area contributed by atoms with E-state index in [-0.39, 0.29) is 0 Å². The summed E-state index contributed by atoms with van der Waals surface area (Å²) in [7, 11) is 0. The normalized spacial score (nSPS) is 30.1. The van der Waals surface area contributed by atoms with Gasteiger partial charge in [-0.2, -0.15) is 0 Å². The Morgan fingerprint density at radius 2 is 1.95 bits per heavy atom. The van der Waals surface area contributed by atoms with Crippen LogP contribution in [0.2, 0.25) is 0 Å². The Kier molecular flexibility index (Phi) is 4.38. The predicted molar refractivity (Wildman–Crippen MR) is 76.0 cm³/mol. The van der Waals surface area contributed by atoms with Gasteiger partial charge in [-0.3, -0.25) is 4.79 Å². The molecular formula is C15H27N3O. The minimum absolute atomic E-state index is 0.383. The summed E-state index contributed by atoms with van der Waals surface area (Å²) in [5, 5.41) is 3.50. The minimum atomic E-state index is 0.383. The Labute approximate surface area is 116 Å². The summed E-state index contributed by atoms with van der Waals surface area (Å²) in [4.78, 5) is 16.8. The van der Waals surface area contributed by atoms with Crippen molar-refractivity contribution in [2.24, 2.45) is 11.8 Å². The third-order valence-electron chi connectivity index (χ3n) is 4.74. The number of carbonyl (C=O) groups is 1. The standard InChI is InChI=1S/C15H27N3O/c19-15(14-4-5-14)18-8-2-7-17(9-10-18)12-13-3-1-6-16-11-13/h13-14,16H,1-12H2. The van der Waals surface area contributed by atoms with E-state index in [2.05, 4.69) is 15.1 Å². The first kappa shape index (κ1) is 13.4. The first-order valence-corrected chi connectivity index (χ1v) is 8.05. The number of piperidine rings is 1. The van der Waals surface area contributed by atoms with E-state index in [1.807, 2.05) is 0 Å². The monoisotopic (exact) mass is 265 g/mol. The van der Waals surface area contributed by atoms with Crippen molar-refractivity contribution in [2.45, 2.75) is 32.1 Å². The fourth-order valence-electron chi connectivity index (χ4n) is 3.41. The van der Waals surface area contributed by atoms with E-state index in [9.17, 15) is 4.79 Å². The van der Waals surface area contributed by atoms with Gasteiger partial charge in [0, 0.05) is 32.1 Å². The molecule has 3 fully saturated rings. The summed E-state index contributed by atoms with van der Waals surface area (Å²) < 4.78 is 0. The summed E-state index contributed by atoms with van der Waals surface area (Å²) in [6.07, 6.45) is 6.11. The molecule has 0 aromatic heterocycles. The van der Waals surface area contributed by atoms with Gasteiger partial charge in [0.1, 0.15) is 0 Å². The highest BCUT2D eigenvalue weighted by atomic mass is 16.2. The number of nitrogens with one attached hydrogen (secondary N) is 1. The molecule has 3 rings (SSSR count). The highest BCUT2D eigenvalue weighted by Crippen LogP contribution is 2.31. The second kappa shape index (κ2) is 6.23. The van der Waals surface area contributed by atoms with E-state index in [0.717, 1.165) is 44.8 Å². The van der Waals surface area contributed by atoms with Gasteiger partial charge in [0.05, 0.1) is 0 Å². The third kappa shape index (κ3) is 3.69. The van der Waals surface area contributed by atoms with Gasteiger partial charge in [-0.1, -0.05) is 0 Å². The zero-order valence-electron chi connectivity index (χ0n) is 11.9. The molecule has 2 aliphatic heterocycles. The van der Waals surface area contributed by atoms with Crippen LogP contribution in [0.4, 0.5) is 0 Å². The van der Waals surface area contributed by atoms with Crippen LogP contribution < -0.4 is 5.32 Å². The molecule has 4 heteroatoms. The molecule has 0 aromatic rings. The Morgan fingerprint density at radius 3 is 2.68 bits per heavy atom. The van der Waals surface area contributed by atoms with E-state index >= 15 is 0 Å². The van der Waals surface area contributed by atoms with Gasteiger partial charge in [-0.05, 0) is 57.7 Å². The second-order valence-corrected chi connectivity index (χ2v) is 6.47. The molecule has 1 saturated carbocycles. The van der Waals surface area contributed by atoms with Crippen molar-refractivity contribution < 1.29 is 4.79 Å². The van der Waals surface area contributed by atoms with Crippen molar-refractivity contribution in [1.82, 2.24) is 15.1 Å². The van der Waals surface area contributed by atoms with Crippen LogP contribution in [0, 0.1) is 11.8 Å². The van der Waals surface area contributed by atoms with Crippen LogP contribution in [0.25, 0.3) is 0 Å². The summed E-state index contributed by atoms with van der Waals surface area (Å²) in [6.45, 7) is 7.78. The first-order valence-electron chi connectivity index (χ1n) is 8.05. The molecule has 1 unspecified atom stereocenters. The Morgan fingerprint density at radius 1 is 1.05 bits per heavy atom. The molecule has 1 aliphatic carbocycles. The van der Waals surface area contributed by atoms with Crippen molar-refractivity contribution in [1.29, 1.82) is 0 Å². The maximum atomic E-state index is 12.1. The van der Waals surface area contributed by atoms with Crippen molar-refractivity contribution >= 4 is 5.91 Å². The Balaban J connectivity index is 1.45. The average molecular weight is 265 g/mol. The lowest BCUT2D eigenvalue weighted by Crippen LogP contribution is -2.40. The smallest absolute Gasteiger partial charge is 0.225 e. The number of amides is 1. The van der Waals surface area contributed by atoms with Gasteiger partial charge < -0.3 is 15.1 Å². The van der Waals surface area contributed by atoms with Gasteiger partial charge in [0.25, 0.3) is 0 Å². The molecule has 0 bridgehead atoms. The van der Waals surface area contributed by atoms with Crippen LogP contribution in [-0.4, -0.2) is 61.5 Å². The molecule has 1 atom stereocenters. The van der Waals surface area contributed by atoms with Crippen LogP contribution in [0.3, 0.4) is 0 Å². The quantitative estimate of drug-likeness (QED) is 0.824. The van der Waals surface area contributed by atoms with E-state index < -0.39 is 0 Å². The molecule has 0 spiro atoms.